The fraction of sp³-hybridized carbons (Fsp3) is 0.250. The van der Waals surface area contributed by atoms with Gasteiger partial charge in [0, 0.05) is 5.92 Å². The van der Waals surface area contributed by atoms with Gasteiger partial charge in [0.05, 0.1) is 13.7 Å². The summed E-state index contributed by atoms with van der Waals surface area (Å²) < 4.78 is 11.0. The maximum atomic E-state index is 9.75. The summed E-state index contributed by atoms with van der Waals surface area (Å²) in [6.45, 7) is 0.525. The molecule has 1 atom stereocenters. The van der Waals surface area contributed by atoms with Gasteiger partial charge in [0.15, 0.2) is 11.5 Å². The molecule has 4 heteroatoms. The molecular formula is C16H16O4. The zero-order valence-corrected chi connectivity index (χ0v) is 11.2. The lowest BCUT2D eigenvalue weighted by Gasteiger charge is -2.27. The van der Waals surface area contributed by atoms with Crippen molar-refractivity contribution in [1.29, 1.82) is 0 Å². The van der Waals surface area contributed by atoms with E-state index in [9.17, 15) is 10.2 Å². The van der Waals surface area contributed by atoms with Crippen LogP contribution in [-0.4, -0.2) is 23.9 Å². The molecule has 1 aliphatic rings. The molecule has 3 rings (SSSR count). The Morgan fingerprint density at radius 1 is 1.10 bits per heavy atom. The number of rotatable bonds is 2. The normalized spacial score (nSPS) is 17.1. The standard InChI is InChI=1S/C16H16O4/c1-19-16-14(18)7-4-11-8-12(9-20-15(11)16)10-2-5-13(17)6-3-10/h2-7,12,17-18H,8-9H2,1H3. The summed E-state index contributed by atoms with van der Waals surface area (Å²) in [5, 5.41) is 19.1. The first kappa shape index (κ1) is 12.7. The van der Waals surface area contributed by atoms with Gasteiger partial charge in [-0.05, 0) is 35.7 Å². The largest absolute Gasteiger partial charge is 0.508 e. The van der Waals surface area contributed by atoms with Crippen LogP contribution in [0.4, 0.5) is 0 Å². The fourth-order valence-electron chi connectivity index (χ4n) is 2.58. The first-order valence-corrected chi connectivity index (χ1v) is 6.49. The van der Waals surface area contributed by atoms with Crippen LogP contribution in [0.25, 0.3) is 0 Å². The molecule has 0 fully saturated rings. The Bertz CT molecular complexity index is 619. The van der Waals surface area contributed by atoms with Crippen molar-refractivity contribution in [2.24, 2.45) is 0 Å². The first-order valence-electron chi connectivity index (χ1n) is 6.49. The molecule has 0 aliphatic carbocycles. The average Bonchev–Trinajstić information content (AvgIpc) is 2.47. The van der Waals surface area contributed by atoms with Gasteiger partial charge in [-0.1, -0.05) is 18.2 Å². The van der Waals surface area contributed by atoms with E-state index >= 15 is 0 Å². The minimum absolute atomic E-state index is 0.0920. The molecule has 1 aliphatic heterocycles. The molecule has 2 aromatic rings. The lowest BCUT2D eigenvalue weighted by molar-refractivity contribution is 0.243. The molecule has 0 aromatic heterocycles. The van der Waals surface area contributed by atoms with Crippen molar-refractivity contribution in [3.63, 3.8) is 0 Å². The number of phenols is 2. The summed E-state index contributed by atoms with van der Waals surface area (Å²) in [6.07, 6.45) is 0.816. The summed E-state index contributed by atoms with van der Waals surface area (Å²) in [4.78, 5) is 0. The third kappa shape index (κ3) is 2.13. The Kier molecular flexibility index (Phi) is 3.14. The average molecular weight is 272 g/mol. The number of benzene rings is 2. The molecule has 0 bridgehead atoms. The Hall–Kier alpha value is -2.36. The van der Waals surface area contributed by atoms with Crippen molar-refractivity contribution in [3.05, 3.63) is 47.5 Å². The van der Waals surface area contributed by atoms with Crippen LogP contribution < -0.4 is 9.47 Å². The second-order valence-electron chi connectivity index (χ2n) is 4.91. The molecule has 1 heterocycles. The molecule has 0 spiro atoms. The second kappa shape index (κ2) is 4.96. The minimum Gasteiger partial charge on any atom is -0.508 e. The summed E-state index contributed by atoms with van der Waals surface area (Å²) >= 11 is 0. The Morgan fingerprint density at radius 2 is 1.85 bits per heavy atom. The molecule has 0 saturated heterocycles. The number of hydrogen-bond acceptors (Lipinski definition) is 4. The smallest absolute Gasteiger partial charge is 0.203 e. The van der Waals surface area contributed by atoms with E-state index in [2.05, 4.69) is 0 Å². The number of fused-ring (bicyclic) bond motifs is 1. The van der Waals surface area contributed by atoms with Crippen LogP contribution in [0.2, 0.25) is 0 Å². The van der Waals surface area contributed by atoms with Crippen LogP contribution in [0, 0.1) is 0 Å². The number of phenolic OH excluding ortho intramolecular Hbond substituents is 2. The third-order valence-electron chi connectivity index (χ3n) is 3.64. The van der Waals surface area contributed by atoms with Crippen molar-refractivity contribution in [1.82, 2.24) is 0 Å². The van der Waals surface area contributed by atoms with Gasteiger partial charge in [0.25, 0.3) is 0 Å². The maximum Gasteiger partial charge on any atom is 0.203 e. The molecule has 20 heavy (non-hydrogen) atoms. The second-order valence-corrected chi connectivity index (χ2v) is 4.91. The number of hydrogen-bond donors (Lipinski definition) is 2. The van der Waals surface area contributed by atoms with Gasteiger partial charge in [-0.2, -0.15) is 0 Å². The third-order valence-corrected chi connectivity index (χ3v) is 3.64. The van der Waals surface area contributed by atoms with Crippen molar-refractivity contribution < 1.29 is 19.7 Å². The van der Waals surface area contributed by atoms with E-state index in [1.165, 1.54) is 7.11 Å². The topological polar surface area (TPSA) is 58.9 Å². The lowest BCUT2D eigenvalue weighted by atomic mass is 9.90. The zero-order chi connectivity index (χ0) is 14.1. The quantitative estimate of drug-likeness (QED) is 0.882. The van der Waals surface area contributed by atoms with Gasteiger partial charge in [-0.25, -0.2) is 0 Å². The van der Waals surface area contributed by atoms with Crippen molar-refractivity contribution in [3.8, 4) is 23.0 Å². The van der Waals surface area contributed by atoms with Crippen molar-refractivity contribution in [2.45, 2.75) is 12.3 Å². The summed E-state index contributed by atoms with van der Waals surface area (Å²) in [5.41, 5.74) is 2.14. The highest BCUT2D eigenvalue weighted by Gasteiger charge is 2.25. The maximum absolute atomic E-state index is 9.75. The molecule has 2 N–H and O–H groups in total. The van der Waals surface area contributed by atoms with Crippen LogP contribution in [0.1, 0.15) is 17.0 Å². The van der Waals surface area contributed by atoms with Crippen LogP contribution in [0.3, 0.4) is 0 Å². The molecular weight excluding hydrogens is 256 g/mol. The van der Waals surface area contributed by atoms with Crippen LogP contribution in [0.15, 0.2) is 36.4 Å². The Labute approximate surface area is 117 Å². The van der Waals surface area contributed by atoms with Crippen molar-refractivity contribution in [2.75, 3.05) is 13.7 Å². The SMILES string of the molecule is COc1c(O)ccc2c1OCC(c1ccc(O)cc1)C2. The first-order chi connectivity index (χ1) is 9.69. The Morgan fingerprint density at radius 3 is 2.55 bits per heavy atom. The molecule has 2 aromatic carbocycles. The van der Waals surface area contributed by atoms with Gasteiger partial charge < -0.3 is 19.7 Å². The highest BCUT2D eigenvalue weighted by Crippen LogP contribution is 2.43. The zero-order valence-electron chi connectivity index (χ0n) is 11.2. The molecule has 1 unspecified atom stereocenters. The fourth-order valence-corrected chi connectivity index (χ4v) is 2.58. The van der Waals surface area contributed by atoms with E-state index in [0.29, 0.717) is 18.1 Å². The minimum atomic E-state index is 0.0920. The van der Waals surface area contributed by atoms with E-state index in [4.69, 9.17) is 9.47 Å². The van der Waals surface area contributed by atoms with Crippen LogP contribution in [-0.2, 0) is 6.42 Å². The van der Waals surface area contributed by atoms with Gasteiger partial charge in [0.2, 0.25) is 5.75 Å². The Balaban J connectivity index is 1.91. The predicted octanol–water partition coefficient (Wildman–Crippen LogP) is 2.83. The summed E-state index contributed by atoms with van der Waals surface area (Å²) in [7, 11) is 1.52. The van der Waals surface area contributed by atoms with Crippen LogP contribution >= 0.6 is 0 Å². The van der Waals surface area contributed by atoms with E-state index < -0.39 is 0 Å². The van der Waals surface area contributed by atoms with Gasteiger partial charge in [-0.3, -0.25) is 0 Å². The van der Waals surface area contributed by atoms with Crippen molar-refractivity contribution >= 4 is 0 Å². The number of methoxy groups -OCH3 is 1. The molecule has 104 valence electrons. The summed E-state index contributed by atoms with van der Waals surface area (Å²) in [6, 6.07) is 10.7. The molecule has 0 radical (unpaired) electrons. The van der Waals surface area contributed by atoms with E-state index in [1.54, 1.807) is 18.2 Å². The monoisotopic (exact) mass is 272 g/mol. The predicted molar refractivity (Wildman–Crippen MR) is 74.7 cm³/mol. The number of aromatic hydroxyl groups is 2. The van der Waals surface area contributed by atoms with E-state index in [-0.39, 0.29) is 17.4 Å². The molecule has 0 saturated carbocycles. The van der Waals surface area contributed by atoms with E-state index in [1.807, 2.05) is 18.2 Å². The highest BCUT2D eigenvalue weighted by atomic mass is 16.5. The lowest BCUT2D eigenvalue weighted by Crippen LogP contribution is -2.19. The molecule has 0 amide bonds. The number of ether oxygens (including phenoxy) is 2. The highest BCUT2D eigenvalue weighted by molar-refractivity contribution is 5.56. The van der Waals surface area contributed by atoms with Crippen LogP contribution in [0.5, 0.6) is 23.0 Å². The van der Waals surface area contributed by atoms with Gasteiger partial charge in [0.1, 0.15) is 5.75 Å². The van der Waals surface area contributed by atoms with E-state index in [0.717, 1.165) is 17.5 Å². The summed E-state index contributed by atoms with van der Waals surface area (Å²) in [5.74, 6) is 1.61. The molecule has 4 nitrogen and oxygen atoms in total. The van der Waals surface area contributed by atoms with Gasteiger partial charge >= 0.3 is 0 Å². The van der Waals surface area contributed by atoms with Gasteiger partial charge in [-0.15, -0.1) is 0 Å².